The fourth-order valence-corrected chi connectivity index (χ4v) is 1.45. The van der Waals surface area contributed by atoms with Crippen molar-refractivity contribution in [2.24, 2.45) is 5.73 Å². The molecule has 3 heteroatoms. The molecule has 0 radical (unpaired) electrons. The quantitative estimate of drug-likeness (QED) is 0.671. The van der Waals surface area contributed by atoms with E-state index in [-0.39, 0.29) is 11.1 Å². The number of hydrogen-bond donors (Lipinski definition) is 1. The van der Waals surface area contributed by atoms with Crippen LogP contribution in [-0.2, 0) is 4.74 Å². The highest BCUT2D eigenvalue weighted by atomic mass is 16.5. The standard InChI is InChI=1S/C9H20N2O/c1-8(2,5-10)11-6-9(3,7-11)12-4/h5-7,10H2,1-4H3. The van der Waals surface area contributed by atoms with Gasteiger partial charge in [0.25, 0.3) is 0 Å². The maximum absolute atomic E-state index is 5.66. The highest BCUT2D eigenvalue weighted by Gasteiger charge is 2.44. The summed E-state index contributed by atoms with van der Waals surface area (Å²) < 4.78 is 5.36. The Labute approximate surface area is 74.9 Å². The lowest BCUT2D eigenvalue weighted by atomic mass is 9.89. The van der Waals surface area contributed by atoms with Crippen molar-refractivity contribution in [3.63, 3.8) is 0 Å². The molecule has 1 aliphatic heterocycles. The van der Waals surface area contributed by atoms with Gasteiger partial charge in [0.1, 0.15) is 0 Å². The first-order valence-corrected chi connectivity index (χ1v) is 4.44. The van der Waals surface area contributed by atoms with E-state index in [0.29, 0.717) is 6.54 Å². The van der Waals surface area contributed by atoms with Gasteiger partial charge in [0.2, 0.25) is 0 Å². The molecule has 0 spiro atoms. The summed E-state index contributed by atoms with van der Waals surface area (Å²) in [6, 6.07) is 0. The molecular weight excluding hydrogens is 152 g/mol. The van der Waals surface area contributed by atoms with Gasteiger partial charge in [0.15, 0.2) is 0 Å². The Bertz CT molecular complexity index is 162. The van der Waals surface area contributed by atoms with Crippen molar-refractivity contribution in [1.29, 1.82) is 0 Å². The molecule has 0 atom stereocenters. The topological polar surface area (TPSA) is 38.5 Å². The van der Waals surface area contributed by atoms with E-state index in [1.165, 1.54) is 0 Å². The van der Waals surface area contributed by atoms with Gasteiger partial charge in [-0.15, -0.1) is 0 Å². The molecule has 2 N–H and O–H groups in total. The maximum atomic E-state index is 5.66. The van der Waals surface area contributed by atoms with Crippen LogP contribution in [0.4, 0.5) is 0 Å². The molecule has 0 aromatic heterocycles. The van der Waals surface area contributed by atoms with Crippen molar-refractivity contribution in [1.82, 2.24) is 4.90 Å². The van der Waals surface area contributed by atoms with E-state index in [1.807, 2.05) is 0 Å². The van der Waals surface area contributed by atoms with Crippen LogP contribution >= 0.6 is 0 Å². The summed E-state index contributed by atoms with van der Waals surface area (Å²) in [5.41, 5.74) is 5.85. The van der Waals surface area contributed by atoms with Crippen LogP contribution in [0.2, 0.25) is 0 Å². The van der Waals surface area contributed by atoms with Crippen molar-refractivity contribution < 1.29 is 4.74 Å². The summed E-state index contributed by atoms with van der Waals surface area (Å²) in [6.45, 7) is 9.16. The van der Waals surface area contributed by atoms with Gasteiger partial charge in [-0.1, -0.05) is 0 Å². The molecule has 1 heterocycles. The molecule has 0 aromatic carbocycles. The Morgan fingerprint density at radius 1 is 1.50 bits per heavy atom. The van der Waals surface area contributed by atoms with Gasteiger partial charge < -0.3 is 10.5 Å². The van der Waals surface area contributed by atoms with Crippen LogP contribution in [0.3, 0.4) is 0 Å². The Hall–Kier alpha value is -0.120. The molecule has 1 rings (SSSR count). The summed E-state index contributed by atoms with van der Waals surface area (Å²) in [5.74, 6) is 0. The zero-order valence-corrected chi connectivity index (χ0v) is 8.55. The number of rotatable bonds is 3. The van der Waals surface area contributed by atoms with Gasteiger partial charge in [-0.25, -0.2) is 0 Å². The normalized spacial score (nSPS) is 23.8. The van der Waals surface area contributed by atoms with Crippen LogP contribution < -0.4 is 5.73 Å². The molecule has 0 aliphatic carbocycles. The summed E-state index contributed by atoms with van der Waals surface area (Å²) in [5, 5.41) is 0. The highest BCUT2D eigenvalue weighted by molar-refractivity contribution is 5.00. The van der Waals surface area contributed by atoms with E-state index in [2.05, 4.69) is 25.7 Å². The van der Waals surface area contributed by atoms with Crippen LogP contribution in [0.1, 0.15) is 20.8 Å². The molecule has 0 amide bonds. The summed E-state index contributed by atoms with van der Waals surface area (Å²) >= 11 is 0. The first-order chi connectivity index (χ1) is 5.43. The molecule has 12 heavy (non-hydrogen) atoms. The Balaban J connectivity index is 2.43. The predicted octanol–water partition coefficient (Wildman–Crippen LogP) is 0.444. The Morgan fingerprint density at radius 3 is 2.33 bits per heavy atom. The van der Waals surface area contributed by atoms with Crippen molar-refractivity contribution in [2.75, 3.05) is 26.7 Å². The smallest absolute Gasteiger partial charge is 0.0903 e. The van der Waals surface area contributed by atoms with Gasteiger partial charge >= 0.3 is 0 Å². The molecule has 72 valence electrons. The third-order valence-corrected chi connectivity index (χ3v) is 2.90. The molecule has 0 aromatic rings. The SMILES string of the molecule is COC1(C)CN(C(C)(C)CN)C1. The van der Waals surface area contributed by atoms with E-state index in [4.69, 9.17) is 10.5 Å². The highest BCUT2D eigenvalue weighted by Crippen LogP contribution is 2.30. The van der Waals surface area contributed by atoms with Crippen molar-refractivity contribution >= 4 is 0 Å². The molecule has 3 nitrogen and oxygen atoms in total. The number of methoxy groups -OCH3 is 1. The summed E-state index contributed by atoms with van der Waals surface area (Å²) in [7, 11) is 1.77. The second-order valence-corrected chi connectivity index (χ2v) is 4.53. The van der Waals surface area contributed by atoms with E-state index < -0.39 is 0 Å². The first kappa shape index (κ1) is 9.96. The second kappa shape index (κ2) is 2.98. The van der Waals surface area contributed by atoms with E-state index in [0.717, 1.165) is 13.1 Å². The lowest BCUT2D eigenvalue weighted by Crippen LogP contribution is -2.68. The maximum Gasteiger partial charge on any atom is 0.0903 e. The van der Waals surface area contributed by atoms with Crippen LogP contribution in [0, 0.1) is 0 Å². The molecular formula is C9H20N2O. The Morgan fingerprint density at radius 2 is 2.00 bits per heavy atom. The van der Waals surface area contributed by atoms with Crippen LogP contribution in [0.5, 0.6) is 0 Å². The first-order valence-electron chi connectivity index (χ1n) is 4.44. The molecule has 1 saturated heterocycles. The minimum absolute atomic E-state index is 0.0619. The number of hydrogen-bond acceptors (Lipinski definition) is 3. The third kappa shape index (κ3) is 1.63. The van der Waals surface area contributed by atoms with E-state index >= 15 is 0 Å². The number of nitrogens with zero attached hydrogens (tertiary/aromatic N) is 1. The van der Waals surface area contributed by atoms with Gasteiger partial charge in [-0.3, -0.25) is 4.90 Å². The number of nitrogens with two attached hydrogens (primary N) is 1. The average Bonchev–Trinajstić information content (AvgIpc) is 1.98. The van der Waals surface area contributed by atoms with Gasteiger partial charge in [0.05, 0.1) is 5.60 Å². The second-order valence-electron chi connectivity index (χ2n) is 4.53. The van der Waals surface area contributed by atoms with E-state index in [9.17, 15) is 0 Å². The average molecular weight is 172 g/mol. The number of ether oxygens (including phenoxy) is 1. The molecule has 1 fully saturated rings. The molecule has 0 bridgehead atoms. The number of likely N-dealkylation sites (tertiary alicyclic amines) is 1. The van der Waals surface area contributed by atoms with E-state index in [1.54, 1.807) is 7.11 Å². The monoisotopic (exact) mass is 172 g/mol. The molecule has 0 saturated carbocycles. The third-order valence-electron chi connectivity index (χ3n) is 2.90. The van der Waals surface area contributed by atoms with Gasteiger partial charge in [-0.05, 0) is 20.8 Å². The van der Waals surface area contributed by atoms with Crippen LogP contribution in [0.25, 0.3) is 0 Å². The fourth-order valence-electron chi connectivity index (χ4n) is 1.45. The molecule has 1 aliphatic rings. The zero-order chi connectivity index (χ0) is 9.41. The van der Waals surface area contributed by atoms with Gasteiger partial charge in [0, 0.05) is 32.3 Å². The minimum Gasteiger partial charge on any atom is -0.376 e. The van der Waals surface area contributed by atoms with Crippen LogP contribution in [-0.4, -0.2) is 42.8 Å². The van der Waals surface area contributed by atoms with Crippen molar-refractivity contribution in [3.8, 4) is 0 Å². The lowest BCUT2D eigenvalue weighted by Gasteiger charge is -2.54. The van der Waals surface area contributed by atoms with Crippen LogP contribution in [0.15, 0.2) is 0 Å². The lowest BCUT2D eigenvalue weighted by molar-refractivity contribution is -0.142. The summed E-state index contributed by atoms with van der Waals surface area (Å²) in [4.78, 5) is 2.36. The Kier molecular flexibility index (Phi) is 2.47. The van der Waals surface area contributed by atoms with Crippen molar-refractivity contribution in [2.45, 2.75) is 31.9 Å². The fraction of sp³-hybridized carbons (Fsp3) is 1.00. The minimum atomic E-state index is 0.0619. The van der Waals surface area contributed by atoms with Crippen molar-refractivity contribution in [3.05, 3.63) is 0 Å². The van der Waals surface area contributed by atoms with Gasteiger partial charge in [-0.2, -0.15) is 0 Å². The largest absolute Gasteiger partial charge is 0.376 e. The summed E-state index contributed by atoms with van der Waals surface area (Å²) in [6.07, 6.45) is 0. The zero-order valence-electron chi connectivity index (χ0n) is 8.55. The predicted molar refractivity (Wildman–Crippen MR) is 50.1 cm³/mol. The molecule has 0 unspecified atom stereocenters.